The molecule has 2 aromatic rings. The van der Waals surface area contributed by atoms with Crippen LogP contribution in [-0.2, 0) is 0 Å². The number of halogens is 1. The van der Waals surface area contributed by atoms with Gasteiger partial charge in [-0.15, -0.1) is 0 Å². The number of aryl methyl sites for hydroxylation is 1. The third kappa shape index (κ3) is 2.14. The van der Waals surface area contributed by atoms with Gasteiger partial charge in [-0.3, -0.25) is 9.78 Å². The third-order valence-corrected chi connectivity index (χ3v) is 2.63. The average Bonchev–Trinajstić information content (AvgIpc) is 2.15. The minimum Gasteiger partial charge on any atom is -0.313 e. The summed E-state index contributed by atoms with van der Waals surface area (Å²) in [6, 6.07) is 5.66. The highest BCUT2D eigenvalue weighted by atomic mass is 79.9. The van der Waals surface area contributed by atoms with Gasteiger partial charge in [0.1, 0.15) is 0 Å². The Balaban J connectivity index is 2.67. The molecular formula is C11H9BrN2O2. The molecule has 0 aliphatic carbocycles. The SMILES string of the molecule is Cc1cc(Br)cc(-c2c[nH]c(=O)[nH]c2=O)c1. The summed E-state index contributed by atoms with van der Waals surface area (Å²) in [6.07, 6.45) is 1.42. The minimum atomic E-state index is -0.500. The number of nitrogens with one attached hydrogen (secondary N) is 2. The van der Waals surface area contributed by atoms with Gasteiger partial charge < -0.3 is 4.98 Å². The van der Waals surface area contributed by atoms with Crippen LogP contribution >= 0.6 is 15.9 Å². The first-order valence-electron chi connectivity index (χ1n) is 4.66. The van der Waals surface area contributed by atoms with Crippen LogP contribution in [-0.4, -0.2) is 9.97 Å². The van der Waals surface area contributed by atoms with Gasteiger partial charge in [-0.2, -0.15) is 0 Å². The van der Waals surface area contributed by atoms with Crippen molar-refractivity contribution >= 4 is 15.9 Å². The van der Waals surface area contributed by atoms with Crippen molar-refractivity contribution in [2.75, 3.05) is 0 Å². The molecule has 1 aromatic heterocycles. The first-order chi connectivity index (χ1) is 7.56. The highest BCUT2D eigenvalue weighted by molar-refractivity contribution is 9.10. The van der Waals surface area contributed by atoms with Crippen molar-refractivity contribution in [3.63, 3.8) is 0 Å². The molecule has 0 saturated carbocycles. The Morgan fingerprint density at radius 2 is 1.94 bits per heavy atom. The lowest BCUT2D eigenvalue weighted by Crippen LogP contribution is -2.22. The molecule has 0 spiro atoms. The Hall–Kier alpha value is -1.62. The molecule has 16 heavy (non-hydrogen) atoms. The highest BCUT2D eigenvalue weighted by Gasteiger charge is 2.05. The fourth-order valence-electron chi connectivity index (χ4n) is 1.52. The molecule has 0 fully saturated rings. The second-order valence-corrected chi connectivity index (χ2v) is 4.42. The van der Waals surface area contributed by atoms with E-state index < -0.39 is 5.69 Å². The van der Waals surface area contributed by atoms with Gasteiger partial charge in [0, 0.05) is 10.7 Å². The van der Waals surface area contributed by atoms with E-state index in [0.29, 0.717) is 5.56 Å². The fourth-order valence-corrected chi connectivity index (χ4v) is 2.12. The van der Waals surface area contributed by atoms with Crippen LogP contribution in [0.2, 0.25) is 0 Å². The van der Waals surface area contributed by atoms with Gasteiger partial charge in [0.15, 0.2) is 0 Å². The van der Waals surface area contributed by atoms with Crippen molar-refractivity contribution in [3.8, 4) is 11.1 Å². The van der Waals surface area contributed by atoms with E-state index in [0.717, 1.165) is 15.6 Å². The standard InChI is InChI=1S/C11H9BrN2O2/c1-6-2-7(4-8(12)3-6)9-5-13-11(16)14-10(9)15/h2-5H,1H3,(H2,13,14,15,16). The van der Waals surface area contributed by atoms with Gasteiger partial charge in [-0.25, -0.2) is 4.79 Å². The maximum absolute atomic E-state index is 11.6. The molecule has 0 bridgehead atoms. The Kier molecular flexibility index (Phi) is 2.78. The van der Waals surface area contributed by atoms with Crippen LogP contribution in [0, 0.1) is 6.92 Å². The molecule has 82 valence electrons. The van der Waals surface area contributed by atoms with Gasteiger partial charge in [-0.05, 0) is 30.2 Å². The number of H-pyrrole nitrogens is 2. The molecule has 0 unspecified atom stereocenters. The second-order valence-electron chi connectivity index (χ2n) is 3.50. The number of benzene rings is 1. The van der Waals surface area contributed by atoms with Crippen molar-refractivity contribution < 1.29 is 0 Å². The van der Waals surface area contributed by atoms with Crippen molar-refractivity contribution in [1.29, 1.82) is 0 Å². The summed E-state index contributed by atoms with van der Waals surface area (Å²) in [5, 5.41) is 0. The van der Waals surface area contributed by atoms with Crippen molar-refractivity contribution in [2.24, 2.45) is 0 Å². The average molecular weight is 281 g/mol. The monoisotopic (exact) mass is 280 g/mol. The maximum Gasteiger partial charge on any atom is 0.325 e. The van der Waals surface area contributed by atoms with Crippen LogP contribution in [0.3, 0.4) is 0 Å². The molecule has 0 amide bonds. The number of aromatic nitrogens is 2. The van der Waals surface area contributed by atoms with Crippen LogP contribution in [0.25, 0.3) is 11.1 Å². The van der Waals surface area contributed by atoms with Crippen LogP contribution < -0.4 is 11.2 Å². The summed E-state index contributed by atoms with van der Waals surface area (Å²) < 4.78 is 0.896. The largest absolute Gasteiger partial charge is 0.325 e. The Morgan fingerprint density at radius 3 is 2.56 bits per heavy atom. The minimum absolute atomic E-state index is 0.388. The predicted octanol–water partition coefficient (Wildman–Crippen LogP) is 1.80. The second kappa shape index (κ2) is 4.09. The zero-order valence-corrected chi connectivity index (χ0v) is 10.1. The van der Waals surface area contributed by atoms with Crippen LogP contribution in [0.15, 0.2) is 38.5 Å². The molecule has 0 radical (unpaired) electrons. The molecule has 4 nitrogen and oxygen atoms in total. The van der Waals surface area contributed by atoms with Crippen LogP contribution in [0.1, 0.15) is 5.56 Å². The topological polar surface area (TPSA) is 65.7 Å². The van der Waals surface area contributed by atoms with E-state index in [4.69, 9.17) is 0 Å². The van der Waals surface area contributed by atoms with Crippen LogP contribution in [0.4, 0.5) is 0 Å². The molecule has 2 N–H and O–H groups in total. The smallest absolute Gasteiger partial charge is 0.313 e. The molecule has 1 aromatic carbocycles. The number of hydrogen-bond donors (Lipinski definition) is 2. The van der Waals surface area contributed by atoms with Gasteiger partial charge >= 0.3 is 5.69 Å². The first-order valence-corrected chi connectivity index (χ1v) is 5.45. The molecule has 0 aliphatic heterocycles. The molecule has 0 aliphatic rings. The Bertz CT molecular complexity index is 623. The van der Waals surface area contributed by atoms with Crippen molar-refractivity contribution in [2.45, 2.75) is 6.92 Å². The molecular weight excluding hydrogens is 272 g/mol. The van der Waals surface area contributed by atoms with E-state index in [1.165, 1.54) is 6.20 Å². The first kappa shape index (κ1) is 10.9. The van der Waals surface area contributed by atoms with E-state index in [1.54, 1.807) is 0 Å². The van der Waals surface area contributed by atoms with Crippen molar-refractivity contribution in [3.05, 3.63) is 55.3 Å². The summed E-state index contributed by atoms with van der Waals surface area (Å²) in [6.45, 7) is 1.94. The van der Waals surface area contributed by atoms with E-state index >= 15 is 0 Å². The zero-order chi connectivity index (χ0) is 11.7. The van der Waals surface area contributed by atoms with E-state index in [9.17, 15) is 9.59 Å². The van der Waals surface area contributed by atoms with Crippen LogP contribution in [0.5, 0.6) is 0 Å². The molecule has 0 saturated heterocycles. The zero-order valence-electron chi connectivity index (χ0n) is 8.50. The van der Waals surface area contributed by atoms with E-state index in [1.807, 2.05) is 25.1 Å². The van der Waals surface area contributed by atoms with E-state index in [-0.39, 0.29) is 5.56 Å². The molecule has 5 heteroatoms. The lowest BCUT2D eigenvalue weighted by molar-refractivity contribution is 1.04. The highest BCUT2D eigenvalue weighted by Crippen LogP contribution is 2.21. The Labute approximate surface area is 99.5 Å². The summed E-state index contributed by atoms with van der Waals surface area (Å²) in [5.74, 6) is 0. The van der Waals surface area contributed by atoms with Gasteiger partial charge in [-0.1, -0.05) is 22.0 Å². The number of rotatable bonds is 1. The fraction of sp³-hybridized carbons (Fsp3) is 0.0909. The Morgan fingerprint density at radius 1 is 1.19 bits per heavy atom. The third-order valence-electron chi connectivity index (χ3n) is 2.17. The van der Waals surface area contributed by atoms with E-state index in [2.05, 4.69) is 25.9 Å². The molecule has 2 rings (SSSR count). The number of hydrogen-bond acceptors (Lipinski definition) is 2. The normalized spacial score (nSPS) is 10.4. The summed E-state index contributed by atoms with van der Waals surface area (Å²) >= 11 is 3.37. The lowest BCUT2D eigenvalue weighted by atomic mass is 10.1. The lowest BCUT2D eigenvalue weighted by Gasteiger charge is -2.02. The van der Waals surface area contributed by atoms with Gasteiger partial charge in [0.05, 0.1) is 5.56 Å². The number of aromatic amines is 2. The summed E-state index contributed by atoms with van der Waals surface area (Å²) in [4.78, 5) is 27.1. The maximum atomic E-state index is 11.6. The van der Waals surface area contributed by atoms with Gasteiger partial charge in [0.25, 0.3) is 5.56 Å². The molecule has 1 heterocycles. The summed E-state index contributed by atoms with van der Waals surface area (Å²) in [7, 11) is 0. The summed E-state index contributed by atoms with van der Waals surface area (Å²) in [5.41, 5.74) is 1.37. The van der Waals surface area contributed by atoms with Crippen molar-refractivity contribution in [1.82, 2.24) is 9.97 Å². The quantitative estimate of drug-likeness (QED) is 0.837. The van der Waals surface area contributed by atoms with Gasteiger partial charge in [0.2, 0.25) is 0 Å². The molecule has 0 atom stereocenters. The predicted molar refractivity (Wildman–Crippen MR) is 65.6 cm³/mol.